The maximum Gasteiger partial charge on any atom is 0.0494 e. The summed E-state index contributed by atoms with van der Waals surface area (Å²) in [5.41, 5.74) is 4.46. The van der Waals surface area contributed by atoms with E-state index in [0.717, 1.165) is 17.4 Å². The van der Waals surface area contributed by atoms with Gasteiger partial charge in [-0.25, -0.2) is 0 Å². The molecule has 0 amide bonds. The van der Waals surface area contributed by atoms with Crippen LogP contribution in [0.2, 0.25) is 0 Å². The quantitative estimate of drug-likeness (QED) is 0.788. The molecular formula is C14H17BrN2. The summed E-state index contributed by atoms with van der Waals surface area (Å²) in [6.07, 6.45) is 1.09. The van der Waals surface area contributed by atoms with Gasteiger partial charge in [-0.3, -0.25) is 0 Å². The van der Waals surface area contributed by atoms with Crippen molar-refractivity contribution in [2.24, 2.45) is 7.05 Å². The minimum absolute atomic E-state index is 0.201. The summed E-state index contributed by atoms with van der Waals surface area (Å²) in [5.74, 6) is 0. The van der Waals surface area contributed by atoms with Gasteiger partial charge in [0, 0.05) is 46.6 Å². The third-order valence-corrected chi connectivity index (χ3v) is 4.25. The summed E-state index contributed by atoms with van der Waals surface area (Å²) in [6.45, 7) is 5.51. The van der Waals surface area contributed by atoms with Crippen molar-refractivity contribution in [3.8, 4) is 0 Å². The van der Waals surface area contributed by atoms with Gasteiger partial charge in [0.15, 0.2) is 0 Å². The maximum atomic E-state index is 3.61. The normalized spacial score (nSPS) is 18.4. The molecular weight excluding hydrogens is 276 g/mol. The topological polar surface area (TPSA) is 17.0 Å². The number of benzene rings is 1. The molecule has 2 nitrogen and oxygen atoms in total. The number of nitrogens with one attached hydrogen (secondary N) is 1. The summed E-state index contributed by atoms with van der Waals surface area (Å²) < 4.78 is 3.49. The second-order valence-electron chi connectivity index (χ2n) is 5.56. The Morgan fingerprint density at radius 2 is 2.12 bits per heavy atom. The van der Waals surface area contributed by atoms with Crippen LogP contribution in [0.25, 0.3) is 10.9 Å². The highest BCUT2D eigenvalue weighted by Crippen LogP contribution is 2.32. The Hall–Kier alpha value is -0.800. The molecule has 1 aromatic carbocycles. The van der Waals surface area contributed by atoms with Crippen LogP contribution >= 0.6 is 15.9 Å². The first-order valence-electron chi connectivity index (χ1n) is 5.99. The molecule has 0 unspecified atom stereocenters. The lowest BCUT2D eigenvalue weighted by Crippen LogP contribution is -2.44. The predicted molar refractivity (Wildman–Crippen MR) is 75.2 cm³/mol. The van der Waals surface area contributed by atoms with Gasteiger partial charge in [0.05, 0.1) is 0 Å². The van der Waals surface area contributed by atoms with Crippen molar-refractivity contribution < 1.29 is 0 Å². The van der Waals surface area contributed by atoms with Crippen LogP contribution in [0.3, 0.4) is 0 Å². The number of hydrogen-bond donors (Lipinski definition) is 1. The van der Waals surface area contributed by atoms with Gasteiger partial charge >= 0.3 is 0 Å². The lowest BCUT2D eigenvalue weighted by atomic mass is 9.91. The Morgan fingerprint density at radius 1 is 1.35 bits per heavy atom. The average molecular weight is 293 g/mol. The van der Waals surface area contributed by atoms with Crippen molar-refractivity contribution in [1.29, 1.82) is 0 Å². The summed E-state index contributed by atoms with van der Waals surface area (Å²) in [6, 6.07) is 6.56. The van der Waals surface area contributed by atoms with E-state index in [4.69, 9.17) is 0 Å². The largest absolute Gasteiger partial charge is 0.347 e. The molecule has 1 aliphatic heterocycles. The standard InChI is InChI=1S/C14H17BrN2/c1-14(2)7-13-11(8-16-14)10-5-4-9(15)6-12(10)17(13)3/h4-6,16H,7-8H2,1-3H3. The molecule has 0 saturated heterocycles. The van der Waals surface area contributed by atoms with Crippen LogP contribution in [0.5, 0.6) is 0 Å². The fourth-order valence-corrected chi connectivity index (χ4v) is 3.12. The highest BCUT2D eigenvalue weighted by atomic mass is 79.9. The van der Waals surface area contributed by atoms with Gasteiger partial charge in [0.1, 0.15) is 0 Å². The summed E-state index contributed by atoms with van der Waals surface area (Å²) in [7, 11) is 2.18. The van der Waals surface area contributed by atoms with Crippen LogP contribution < -0.4 is 5.32 Å². The van der Waals surface area contributed by atoms with Crippen molar-refractivity contribution in [1.82, 2.24) is 9.88 Å². The second-order valence-corrected chi connectivity index (χ2v) is 6.48. The molecule has 0 saturated carbocycles. The molecule has 2 aromatic rings. The van der Waals surface area contributed by atoms with E-state index in [1.807, 2.05) is 0 Å². The molecule has 2 heterocycles. The van der Waals surface area contributed by atoms with Gasteiger partial charge in [0.25, 0.3) is 0 Å². The van der Waals surface area contributed by atoms with Crippen molar-refractivity contribution >= 4 is 26.8 Å². The molecule has 0 radical (unpaired) electrons. The fourth-order valence-electron chi connectivity index (χ4n) is 2.77. The molecule has 90 valence electrons. The van der Waals surface area contributed by atoms with Crippen molar-refractivity contribution in [2.75, 3.05) is 0 Å². The van der Waals surface area contributed by atoms with Gasteiger partial charge in [-0.1, -0.05) is 22.0 Å². The van der Waals surface area contributed by atoms with Crippen LogP contribution in [-0.2, 0) is 20.0 Å². The van der Waals surface area contributed by atoms with E-state index >= 15 is 0 Å². The first kappa shape index (κ1) is 11.3. The van der Waals surface area contributed by atoms with Crippen LogP contribution in [0.1, 0.15) is 25.1 Å². The van der Waals surface area contributed by atoms with Gasteiger partial charge in [-0.15, -0.1) is 0 Å². The first-order valence-corrected chi connectivity index (χ1v) is 6.78. The fraction of sp³-hybridized carbons (Fsp3) is 0.429. The van der Waals surface area contributed by atoms with Crippen LogP contribution in [0.4, 0.5) is 0 Å². The smallest absolute Gasteiger partial charge is 0.0494 e. The molecule has 17 heavy (non-hydrogen) atoms. The van der Waals surface area contributed by atoms with Crippen LogP contribution in [0.15, 0.2) is 22.7 Å². The molecule has 3 rings (SSSR count). The molecule has 1 aromatic heterocycles. The molecule has 0 bridgehead atoms. The highest BCUT2D eigenvalue weighted by Gasteiger charge is 2.28. The van der Waals surface area contributed by atoms with Gasteiger partial charge < -0.3 is 9.88 Å². The van der Waals surface area contributed by atoms with E-state index in [9.17, 15) is 0 Å². The Balaban J connectivity index is 2.28. The second kappa shape index (κ2) is 3.59. The van der Waals surface area contributed by atoms with E-state index in [2.05, 4.69) is 64.9 Å². The van der Waals surface area contributed by atoms with Gasteiger partial charge in [0.2, 0.25) is 0 Å². The lowest BCUT2D eigenvalue weighted by Gasteiger charge is -2.32. The lowest BCUT2D eigenvalue weighted by molar-refractivity contribution is 0.356. The molecule has 0 aliphatic carbocycles. The number of fused-ring (bicyclic) bond motifs is 3. The van der Waals surface area contributed by atoms with E-state index in [1.165, 1.54) is 22.2 Å². The number of aryl methyl sites for hydroxylation is 1. The zero-order valence-electron chi connectivity index (χ0n) is 10.5. The van der Waals surface area contributed by atoms with Crippen LogP contribution in [0, 0.1) is 0 Å². The van der Waals surface area contributed by atoms with Gasteiger partial charge in [-0.05, 0) is 31.5 Å². The van der Waals surface area contributed by atoms with Crippen molar-refractivity contribution in [2.45, 2.75) is 32.4 Å². The summed E-state index contributed by atoms with van der Waals surface area (Å²) in [4.78, 5) is 0. The predicted octanol–water partition coefficient (Wildman–Crippen LogP) is 3.37. The van der Waals surface area contributed by atoms with E-state index in [1.54, 1.807) is 0 Å². The molecule has 0 fully saturated rings. The van der Waals surface area contributed by atoms with E-state index < -0.39 is 0 Å². The average Bonchev–Trinajstić information content (AvgIpc) is 2.51. The number of rotatable bonds is 0. The van der Waals surface area contributed by atoms with Gasteiger partial charge in [-0.2, -0.15) is 0 Å². The number of hydrogen-bond acceptors (Lipinski definition) is 1. The minimum Gasteiger partial charge on any atom is -0.347 e. The van der Waals surface area contributed by atoms with E-state index in [0.29, 0.717) is 0 Å². The Bertz CT molecular complexity index is 596. The highest BCUT2D eigenvalue weighted by molar-refractivity contribution is 9.10. The third kappa shape index (κ3) is 1.72. The molecule has 0 atom stereocenters. The monoisotopic (exact) mass is 292 g/mol. The minimum atomic E-state index is 0.201. The number of halogens is 1. The first-order chi connectivity index (χ1) is 7.98. The zero-order chi connectivity index (χ0) is 12.2. The molecule has 3 heteroatoms. The molecule has 1 aliphatic rings. The number of aromatic nitrogens is 1. The molecule has 1 N–H and O–H groups in total. The van der Waals surface area contributed by atoms with E-state index in [-0.39, 0.29) is 5.54 Å². The Morgan fingerprint density at radius 3 is 2.88 bits per heavy atom. The van der Waals surface area contributed by atoms with Crippen molar-refractivity contribution in [3.63, 3.8) is 0 Å². The maximum absolute atomic E-state index is 3.61. The third-order valence-electron chi connectivity index (χ3n) is 3.75. The summed E-state index contributed by atoms with van der Waals surface area (Å²) >= 11 is 3.55. The molecule has 0 spiro atoms. The Labute approximate surface area is 110 Å². The number of nitrogens with zero attached hydrogens (tertiary/aromatic N) is 1. The van der Waals surface area contributed by atoms with Crippen molar-refractivity contribution in [3.05, 3.63) is 33.9 Å². The zero-order valence-corrected chi connectivity index (χ0v) is 12.1. The van der Waals surface area contributed by atoms with Crippen LogP contribution in [-0.4, -0.2) is 10.1 Å². The SMILES string of the molecule is Cn1c2c(c3ccc(Br)cc31)CNC(C)(C)C2. The summed E-state index contributed by atoms with van der Waals surface area (Å²) in [5, 5.41) is 4.99. The Kier molecular flexibility index (Phi) is 2.39.